The van der Waals surface area contributed by atoms with Crippen LogP contribution >= 0.6 is 7.14 Å². The zero-order valence-corrected chi connectivity index (χ0v) is 25.6. The molecule has 41 heavy (non-hydrogen) atoms. The molecule has 0 radical (unpaired) electrons. The van der Waals surface area contributed by atoms with Crippen LogP contribution in [-0.2, 0) is 16.4 Å². The van der Waals surface area contributed by atoms with E-state index >= 15 is 0 Å². The van der Waals surface area contributed by atoms with Crippen molar-refractivity contribution in [3.05, 3.63) is 61.4 Å². The predicted molar refractivity (Wildman–Crippen MR) is 170 cm³/mol. The van der Waals surface area contributed by atoms with Crippen LogP contribution in [0.3, 0.4) is 0 Å². The van der Waals surface area contributed by atoms with Crippen LogP contribution in [0.25, 0.3) is 22.2 Å². The van der Waals surface area contributed by atoms with Gasteiger partial charge in [-0.05, 0) is 45.6 Å². The third kappa shape index (κ3) is 6.61. The summed E-state index contributed by atoms with van der Waals surface area (Å²) < 4.78 is 21.1. The molecular weight excluding hydrogens is 537 g/mol. The van der Waals surface area contributed by atoms with Crippen LogP contribution in [0.1, 0.15) is 0 Å². The van der Waals surface area contributed by atoms with Gasteiger partial charge in [0, 0.05) is 62.1 Å². The molecule has 2 heterocycles. The van der Waals surface area contributed by atoms with Crippen molar-refractivity contribution in [2.45, 2.75) is 0 Å². The number of nitrogens with one attached hydrogen (secondary N) is 2. The maximum atomic E-state index is 13.3. The second-order valence-electron chi connectivity index (χ2n) is 10.6. The Morgan fingerprint density at radius 1 is 1.15 bits per heavy atom. The number of hydrogen-bond acceptors (Lipinski definition) is 8. The topological polar surface area (TPSA) is 105 Å². The highest BCUT2D eigenvalue weighted by atomic mass is 31.2. The van der Waals surface area contributed by atoms with Gasteiger partial charge in [-0.3, -0.25) is 4.79 Å². The minimum Gasteiger partial charge on any atom is -0.494 e. The molecule has 0 unspecified atom stereocenters. The van der Waals surface area contributed by atoms with E-state index in [2.05, 4.69) is 32.0 Å². The third-order valence-electron chi connectivity index (χ3n) is 6.80. The van der Waals surface area contributed by atoms with E-state index in [1.54, 1.807) is 32.7 Å². The van der Waals surface area contributed by atoms with Gasteiger partial charge in [-0.25, -0.2) is 9.97 Å². The van der Waals surface area contributed by atoms with Crippen molar-refractivity contribution in [1.29, 1.82) is 0 Å². The maximum Gasteiger partial charge on any atom is 0.247 e. The number of methoxy groups -OCH3 is 1. The Balaban J connectivity index is 1.82. The molecule has 0 aliphatic rings. The molecular formula is C30H38N7O3P. The van der Waals surface area contributed by atoms with E-state index < -0.39 is 7.14 Å². The van der Waals surface area contributed by atoms with E-state index in [0.717, 1.165) is 35.2 Å². The fraction of sp³-hybridized carbons (Fsp3) is 0.300. The first kappa shape index (κ1) is 29.8. The summed E-state index contributed by atoms with van der Waals surface area (Å²) in [5.41, 5.74) is 4.45. The molecule has 1 amide bonds. The lowest BCUT2D eigenvalue weighted by atomic mass is 10.1. The monoisotopic (exact) mass is 575 g/mol. The van der Waals surface area contributed by atoms with Crippen molar-refractivity contribution in [3.63, 3.8) is 0 Å². The number of ether oxygens (including phenoxy) is 1. The van der Waals surface area contributed by atoms with Gasteiger partial charge in [-0.1, -0.05) is 24.8 Å². The van der Waals surface area contributed by atoms with Gasteiger partial charge in [0.25, 0.3) is 0 Å². The summed E-state index contributed by atoms with van der Waals surface area (Å²) in [6, 6.07) is 11.7. The van der Waals surface area contributed by atoms with Crippen molar-refractivity contribution in [3.8, 4) is 17.0 Å². The molecule has 2 N–H and O–H groups in total. The summed E-state index contributed by atoms with van der Waals surface area (Å²) in [5.74, 6) is 0.520. The fourth-order valence-corrected chi connectivity index (χ4v) is 5.60. The highest BCUT2D eigenvalue weighted by molar-refractivity contribution is 7.70. The number of hydrogen-bond donors (Lipinski definition) is 2. The average Bonchev–Trinajstić information content (AvgIpc) is 3.27. The van der Waals surface area contributed by atoms with Crippen molar-refractivity contribution < 1.29 is 14.1 Å². The number of anilines is 4. The Labute approximate surface area is 241 Å². The van der Waals surface area contributed by atoms with Gasteiger partial charge in [-0.15, -0.1) is 0 Å². The minimum absolute atomic E-state index is 0.304. The smallest absolute Gasteiger partial charge is 0.247 e. The molecule has 10 nitrogen and oxygen atoms in total. The molecule has 216 valence electrons. The molecule has 4 aromatic rings. The Morgan fingerprint density at radius 3 is 2.54 bits per heavy atom. The van der Waals surface area contributed by atoms with E-state index in [0.29, 0.717) is 34.1 Å². The number of aromatic nitrogens is 3. The second-order valence-corrected chi connectivity index (χ2v) is 13.7. The lowest BCUT2D eigenvalue weighted by Crippen LogP contribution is -2.29. The fourth-order valence-electron chi connectivity index (χ4n) is 4.58. The summed E-state index contributed by atoms with van der Waals surface area (Å²) in [6.07, 6.45) is 4.86. The Hall–Kier alpha value is -4.14. The zero-order valence-electron chi connectivity index (χ0n) is 24.7. The van der Waals surface area contributed by atoms with Crippen LogP contribution in [0.5, 0.6) is 5.75 Å². The number of nitrogens with zero attached hydrogens (tertiary/aromatic N) is 5. The van der Waals surface area contributed by atoms with E-state index in [1.807, 2.05) is 69.3 Å². The SMILES string of the molecule is C=CC(=O)Nc1cc(Nc2ncc(P(C)(C)=O)c(-c3cn(C)c4ccccc34)n2)c(OC)cc1N(C)CCN(C)C. The third-order valence-corrected chi connectivity index (χ3v) is 8.29. The summed E-state index contributed by atoms with van der Waals surface area (Å²) in [5, 5.41) is 7.78. The zero-order chi connectivity index (χ0) is 29.9. The molecule has 2 aromatic heterocycles. The number of carbonyl (C=O) groups excluding carboxylic acids is 1. The number of fused-ring (bicyclic) bond motifs is 1. The number of carbonyl (C=O) groups is 1. The van der Waals surface area contributed by atoms with E-state index in [1.165, 1.54) is 6.08 Å². The lowest BCUT2D eigenvalue weighted by Gasteiger charge is -2.26. The summed E-state index contributed by atoms with van der Waals surface area (Å²) in [6.45, 7) is 8.58. The molecule has 11 heteroatoms. The van der Waals surface area contributed by atoms with E-state index in [4.69, 9.17) is 9.72 Å². The Kier molecular flexibility index (Phi) is 8.85. The Bertz CT molecular complexity index is 1640. The van der Waals surface area contributed by atoms with Crippen LogP contribution in [-0.4, -0.2) is 80.0 Å². The molecule has 2 aromatic carbocycles. The number of aryl methyl sites for hydroxylation is 1. The molecule has 0 aliphatic carbocycles. The second kappa shape index (κ2) is 12.2. The molecule has 0 bridgehead atoms. The lowest BCUT2D eigenvalue weighted by molar-refractivity contribution is -0.111. The molecule has 0 atom stereocenters. The van der Waals surface area contributed by atoms with Gasteiger partial charge in [-0.2, -0.15) is 0 Å². The quantitative estimate of drug-likeness (QED) is 0.195. The highest BCUT2D eigenvalue weighted by Gasteiger charge is 2.23. The van der Waals surface area contributed by atoms with Crippen molar-refractivity contribution in [2.75, 3.05) is 70.2 Å². The van der Waals surface area contributed by atoms with Crippen LogP contribution in [0.15, 0.2) is 61.4 Å². The predicted octanol–water partition coefficient (Wildman–Crippen LogP) is 4.76. The molecule has 0 fully saturated rings. The van der Waals surface area contributed by atoms with Crippen molar-refractivity contribution in [2.24, 2.45) is 7.05 Å². The van der Waals surface area contributed by atoms with E-state index in [9.17, 15) is 9.36 Å². The maximum absolute atomic E-state index is 13.3. The number of likely N-dealkylation sites (N-methyl/N-ethyl adjacent to an activating group) is 2. The largest absolute Gasteiger partial charge is 0.494 e. The Morgan fingerprint density at radius 2 is 1.88 bits per heavy atom. The first-order chi connectivity index (χ1) is 19.4. The summed E-state index contributed by atoms with van der Waals surface area (Å²) >= 11 is 0. The molecule has 0 saturated heterocycles. The van der Waals surface area contributed by atoms with Gasteiger partial charge in [0.1, 0.15) is 12.9 Å². The highest BCUT2D eigenvalue weighted by Crippen LogP contribution is 2.41. The van der Waals surface area contributed by atoms with Gasteiger partial charge in [0.2, 0.25) is 11.9 Å². The van der Waals surface area contributed by atoms with Gasteiger partial charge < -0.3 is 34.3 Å². The molecule has 0 spiro atoms. The van der Waals surface area contributed by atoms with Crippen LogP contribution in [0, 0.1) is 0 Å². The number of rotatable bonds is 11. The van der Waals surface area contributed by atoms with Gasteiger partial charge in [0.15, 0.2) is 0 Å². The van der Waals surface area contributed by atoms with Crippen molar-refractivity contribution >= 4 is 52.3 Å². The standard InChI is InChI=1S/C30H38N7O3P/c1-9-28(38)32-22-16-23(26(40-6)17-25(22)36(4)15-14-35(2)3)33-30-31-18-27(41(7,8)39)29(34-30)21-19-37(5)24-13-11-10-12-20(21)24/h9-13,16-19H,1,14-15H2,2-8H3,(H,32,38)(H,31,33,34). The molecule has 0 aliphatic heterocycles. The first-order valence-corrected chi connectivity index (χ1v) is 15.8. The van der Waals surface area contributed by atoms with Gasteiger partial charge >= 0.3 is 0 Å². The van der Waals surface area contributed by atoms with Crippen LogP contribution in [0.2, 0.25) is 0 Å². The van der Waals surface area contributed by atoms with Crippen LogP contribution < -0.4 is 25.6 Å². The first-order valence-electron chi connectivity index (χ1n) is 13.2. The van der Waals surface area contributed by atoms with Crippen LogP contribution in [0.4, 0.5) is 23.0 Å². The number of amides is 1. The normalized spacial score (nSPS) is 11.5. The summed E-state index contributed by atoms with van der Waals surface area (Å²) in [7, 11) is 6.82. The van der Waals surface area contributed by atoms with E-state index in [-0.39, 0.29) is 5.91 Å². The van der Waals surface area contributed by atoms with Crippen molar-refractivity contribution in [1.82, 2.24) is 19.4 Å². The number of benzene rings is 2. The number of para-hydroxylation sites is 1. The average molecular weight is 576 g/mol. The van der Waals surface area contributed by atoms with Gasteiger partial charge in [0.05, 0.1) is 35.2 Å². The molecule has 0 saturated carbocycles. The minimum atomic E-state index is -2.72. The molecule has 4 rings (SSSR count). The summed E-state index contributed by atoms with van der Waals surface area (Å²) in [4.78, 5) is 25.9.